The Morgan fingerprint density at radius 3 is 2.86 bits per heavy atom. The van der Waals surface area contributed by atoms with Crippen molar-refractivity contribution in [1.82, 2.24) is 33.9 Å². The number of piperidine rings is 1. The SMILES string of the molecule is CCc1cc2c(cc1-c1cc(OC)c3ncnn3c1)[nH]c(=O)n2[C@@H]1CCCN(C(=O)CN(C)C)C1. The van der Waals surface area contributed by atoms with Gasteiger partial charge in [-0.05, 0) is 62.7 Å². The Bertz CT molecular complexity index is 1450. The number of aromatic amines is 1. The van der Waals surface area contributed by atoms with Crippen molar-refractivity contribution in [1.29, 1.82) is 0 Å². The van der Waals surface area contributed by atoms with Gasteiger partial charge in [-0.2, -0.15) is 5.10 Å². The zero-order chi connectivity index (χ0) is 24.7. The summed E-state index contributed by atoms with van der Waals surface area (Å²) in [6, 6.07) is 6.02. The highest BCUT2D eigenvalue weighted by atomic mass is 16.5. The van der Waals surface area contributed by atoms with Crippen LogP contribution in [0.15, 0.2) is 35.5 Å². The average Bonchev–Trinajstić information content (AvgIpc) is 3.45. The van der Waals surface area contributed by atoms with Crippen LogP contribution in [0.5, 0.6) is 5.75 Å². The fourth-order valence-corrected chi connectivity index (χ4v) is 5.10. The Kier molecular flexibility index (Phi) is 6.06. The highest BCUT2D eigenvalue weighted by molar-refractivity contribution is 5.85. The number of hydrogen-bond acceptors (Lipinski definition) is 6. The Morgan fingerprint density at radius 2 is 2.11 bits per heavy atom. The Labute approximate surface area is 203 Å². The third kappa shape index (κ3) is 4.18. The number of likely N-dealkylation sites (N-methyl/N-ethyl adjacent to an activating group) is 1. The number of rotatable bonds is 6. The highest BCUT2D eigenvalue weighted by Gasteiger charge is 2.27. The van der Waals surface area contributed by atoms with E-state index in [-0.39, 0.29) is 17.6 Å². The number of benzene rings is 1. The third-order valence-electron chi connectivity index (χ3n) is 6.76. The number of hydrogen-bond donors (Lipinski definition) is 1. The highest BCUT2D eigenvalue weighted by Crippen LogP contribution is 2.33. The molecule has 4 heterocycles. The number of carbonyl (C=O) groups is 1. The quantitative estimate of drug-likeness (QED) is 0.458. The number of ether oxygens (including phenoxy) is 1. The summed E-state index contributed by atoms with van der Waals surface area (Å²) in [5.74, 6) is 0.736. The van der Waals surface area contributed by atoms with E-state index in [9.17, 15) is 9.59 Å². The standard InChI is InChI=1S/C25H31N7O3/c1-5-16-9-21-20(11-19(16)17-10-22(35-4)24-26-15-27-31(24)12-17)28-25(34)32(21)18-7-6-8-30(13-18)23(33)14-29(2)3/h9-12,15,18H,5-8,13-14H2,1-4H3,(H,28,34)/t18-/m1/s1. The maximum atomic E-state index is 13.1. The lowest BCUT2D eigenvalue weighted by molar-refractivity contribution is -0.133. The van der Waals surface area contributed by atoms with E-state index in [0.717, 1.165) is 53.5 Å². The maximum absolute atomic E-state index is 13.1. The molecule has 184 valence electrons. The van der Waals surface area contributed by atoms with Crippen molar-refractivity contribution >= 4 is 22.6 Å². The summed E-state index contributed by atoms with van der Waals surface area (Å²) in [6.45, 7) is 3.76. The van der Waals surface area contributed by atoms with Crippen LogP contribution < -0.4 is 10.4 Å². The van der Waals surface area contributed by atoms with Gasteiger partial charge in [0.05, 0.1) is 30.7 Å². The molecule has 4 aromatic rings. The molecule has 5 rings (SSSR count). The molecule has 1 aliphatic rings. The number of imidazole rings is 1. The van der Waals surface area contributed by atoms with Gasteiger partial charge in [-0.1, -0.05) is 6.92 Å². The minimum absolute atomic E-state index is 0.0572. The fraction of sp³-hybridized carbons (Fsp3) is 0.440. The summed E-state index contributed by atoms with van der Waals surface area (Å²) < 4.78 is 9.09. The van der Waals surface area contributed by atoms with E-state index in [1.165, 1.54) is 6.33 Å². The Balaban J connectivity index is 1.56. The molecular weight excluding hydrogens is 446 g/mol. The predicted octanol–water partition coefficient (Wildman–Crippen LogP) is 2.34. The molecule has 0 aliphatic carbocycles. The first-order valence-electron chi connectivity index (χ1n) is 12.0. The number of fused-ring (bicyclic) bond motifs is 2. The van der Waals surface area contributed by atoms with Crippen LogP contribution in [-0.4, -0.2) is 80.7 Å². The smallest absolute Gasteiger partial charge is 0.326 e. The Hall–Kier alpha value is -3.66. The van der Waals surface area contributed by atoms with E-state index in [1.807, 2.05) is 46.8 Å². The second kappa shape index (κ2) is 9.18. The molecule has 1 aromatic carbocycles. The molecule has 0 radical (unpaired) electrons. The Morgan fingerprint density at radius 1 is 1.29 bits per heavy atom. The summed E-state index contributed by atoms with van der Waals surface area (Å²) in [5.41, 5.74) is 5.22. The summed E-state index contributed by atoms with van der Waals surface area (Å²) in [7, 11) is 5.40. The second-order valence-electron chi connectivity index (χ2n) is 9.38. The molecule has 0 saturated carbocycles. The molecule has 1 fully saturated rings. The molecular formula is C25H31N7O3. The number of pyridine rings is 1. The molecule has 1 saturated heterocycles. The van der Waals surface area contributed by atoms with Gasteiger partial charge in [0.1, 0.15) is 6.33 Å². The van der Waals surface area contributed by atoms with E-state index in [2.05, 4.69) is 28.1 Å². The minimum atomic E-state index is -0.143. The van der Waals surface area contributed by atoms with Crippen LogP contribution in [0.4, 0.5) is 0 Å². The minimum Gasteiger partial charge on any atom is -0.493 e. The van der Waals surface area contributed by atoms with Gasteiger partial charge in [0, 0.05) is 24.8 Å². The van der Waals surface area contributed by atoms with Crippen molar-refractivity contribution in [3.05, 3.63) is 46.8 Å². The summed E-state index contributed by atoms with van der Waals surface area (Å²) in [4.78, 5) is 36.9. The van der Waals surface area contributed by atoms with Crippen molar-refractivity contribution in [3.8, 4) is 16.9 Å². The number of nitrogens with one attached hydrogen (secondary N) is 1. The van der Waals surface area contributed by atoms with Gasteiger partial charge in [-0.3, -0.25) is 9.36 Å². The number of methoxy groups -OCH3 is 1. The van der Waals surface area contributed by atoms with Crippen molar-refractivity contribution < 1.29 is 9.53 Å². The van der Waals surface area contributed by atoms with Crippen molar-refractivity contribution in [2.24, 2.45) is 0 Å². The number of carbonyl (C=O) groups excluding carboxylic acids is 1. The predicted molar refractivity (Wildman–Crippen MR) is 134 cm³/mol. The number of aromatic nitrogens is 5. The molecule has 1 atom stereocenters. The maximum Gasteiger partial charge on any atom is 0.326 e. The largest absolute Gasteiger partial charge is 0.493 e. The van der Waals surface area contributed by atoms with Crippen molar-refractivity contribution in [2.45, 2.75) is 32.2 Å². The van der Waals surface area contributed by atoms with E-state index >= 15 is 0 Å². The summed E-state index contributed by atoms with van der Waals surface area (Å²) in [5, 5.41) is 4.28. The summed E-state index contributed by atoms with van der Waals surface area (Å²) in [6.07, 6.45) is 5.96. The zero-order valence-corrected chi connectivity index (χ0v) is 20.6. The summed E-state index contributed by atoms with van der Waals surface area (Å²) >= 11 is 0. The molecule has 0 unspecified atom stereocenters. The van der Waals surface area contributed by atoms with Crippen LogP contribution in [0.25, 0.3) is 27.8 Å². The molecule has 10 heteroatoms. The van der Waals surface area contributed by atoms with Crippen molar-refractivity contribution in [2.75, 3.05) is 40.8 Å². The lowest BCUT2D eigenvalue weighted by atomic mass is 9.97. The number of likely N-dealkylation sites (tertiary alicyclic amines) is 1. The molecule has 35 heavy (non-hydrogen) atoms. The van der Waals surface area contributed by atoms with E-state index in [0.29, 0.717) is 24.5 Å². The van der Waals surface area contributed by atoms with Gasteiger partial charge in [-0.25, -0.2) is 14.3 Å². The van der Waals surface area contributed by atoms with Gasteiger partial charge in [0.15, 0.2) is 11.4 Å². The van der Waals surface area contributed by atoms with Gasteiger partial charge < -0.3 is 19.5 Å². The lowest BCUT2D eigenvalue weighted by Gasteiger charge is -2.34. The number of amides is 1. The van der Waals surface area contributed by atoms with Gasteiger partial charge >= 0.3 is 5.69 Å². The zero-order valence-electron chi connectivity index (χ0n) is 20.6. The number of H-pyrrole nitrogens is 1. The van der Waals surface area contributed by atoms with Gasteiger partial charge in [-0.15, -0.1) is 0 Å². The van der Waals surface area contributed by atoms with Crippen LogP contribution in [0.2, 0.25) is 0 Å². The fourth-order valence-electron chi connectivity index (χ4n) is 5.10. The topological polar surface area (TPSA) is 101 Å². The number of aryl methyl sites for hydroxylation is 1. The molecule has 1 aliphatic heterocycles. The second-order valence-corrected chi connectivity index (χ2v) is 9.38. The normalized spacial score (nSPS) is 16.5. The monoisotopic (exact) mass is 477 g/mol. The van der Waals surface area contributed by atoms with Crippen LogP contribution in [0.1, 0.15) is 31.4 Å². The van der Waals surface area contributed by atoms with E-state index in [4.69, 9.17) is 4.74 Å². The van der Waals surface area contributed by atoms with E-state index in [1.54, 1.807) is 11.6 Å². The molecule has 10 nitrogen and oxygen atoms in total. The molecule has 1 N–H and O–H groups in total. The van der Waals surface area contributed by atoms with Crippen LogP contribution in [0, 0.1) is 0 Å². The first kappa shape index (κ1) is 23.1. The molecule has 0 spiro atoms. The van der Waals surface area contributed by atoms with Crippen LogP contribution >= 0.6 is 0 Å². The lowest BCUT2D eigenvalue weighted by Crippen LogP contribution is -2.45. The van der Waals surface area contributed by atoms with Gasteiger partial charge in [0.25, 0.3) is 0 Å². The van der Waals surface area contributed by atoms with Crippen molar-refractivity contribution in [3.63, 3.8) is 0 Å². The molecule has 0 bridgehead atoms. The third-order valence-corrected chi connectivity index (χ3v) is 6.76. The van der Waals surface area contributed by atoms with E-state index < -0.39 is 0 Å². The molecule has 1 amide bonds. The van der Waals surface area contributed by atoms with Gasteiger partial charge in [0.2, 0.25) is 5.91 Å². The first-order valence-corrected chi connectivity index (χ1v) is 12.0. The first-order chi connectivity index (χ1) is 16.9. The molecule has 3 aromatic heterocycles. The number of nitrogens with zero attached hydrogens (tertiary/aromatic N) is 6. The van der Waals surface area contributed by atoms with Crippen LogP contribution in [0.3, 0.4) is 0 Å². The van der Waals surface area contributed by atoms with Crippen LogP contribution in [-0.2, 0) is 11.2 Å². The average molecular weight is 478 g/mol.